The van der Waals surface area contributed by atoms with E-state index in [1.807, 2.05) is 48.0 Å². The van der Waals surface area contributed by atoms with Crippen molar-refractivity contribution in [2.75, 3.05) is 52.0 Å². The van der Waals surface area contributed by atoms with E-state index < -0.39 is 4.92 Å². The lowest BCUT2D eigenvalue weighted by atomic mass is 10.1. The van der Waals surface area contributed by atoms with Gasteiger partial charge >= 0.3 is 0 Å². The Balaban J connectivity index is 1.94. The van der Waals surface area contributed by atoms with Crippen molar-refractivity contribution in [3.05, 3.63) is 59.0 Å². The number of hydrogen-bond donors (Lipinski definition) is 1. The molecule has 0 saturated heterocycles. The first-order valence-corrected chi connectivity index (χ1v) is 10.6. The van der Waals surface area contributed by atoms with Crippen molar-refractivity contribution in [1.29, 1.82) is 0 Å². The van der Waals surface area contributed by atoms with Gasteiger partial charge in [0.25, 0.3) is 5.69 Å². The summed E-state index contributed by atoms with van der Waals surface area (Å²) < 4.78 is 7.44. The van der Waals surface area contributed by atoms with Crippen LogP contribution in [0.4, 0.5) is 17.1 Å². The van der Waals surface area contributed by atoms with Crippen molar-refractivity contribution in [3.8, 4) is 23.0 Å². The second kappa shape index (κ2) is 9.32. The number of hydrogen-bond acceptors (Lipinski definition) is 9. The van der Waals surface area contributed by atoms with Crippen LogP contribution in [0.3, 0.4) is 0 Å². The normalized spacial score (nSPS) is 11.2. The Hall–Kier alpha value is -4.25. The van der Waals surface area contributed by atoms with Crippen molar-refractivity contribution in [3.63, 3.8) is 0 Å². The summed E-state index contributed by atoms with van der Waals surface area (Å²) in [4.78, 5) is 29.0. The van der Waals surface area contributed by atoms with E-state index >= 15 is 0 Å². The summed E-state index contributed by atoms with van der Waals surface area (Å²) in [6.45, 7) is 1.21. The molecule has 0 amide bonds. The van der Waals surface area contributed by atoms with Crippen LogP contribution in [0.15, 0.2) is 48.9 Å². The zero-order chi connectivity index (χ0) is 24.4. The predicted molar refractivity (Wildman–Crippen MR) is 132 cm³/mol. The number of benzene rings is 1. The number of nitrogens with zero attached hydrogens (tertiary/aromatic N) is 7. The molecule has 11 nitrogen and oxygen atoms in total. The predicted octanol–water partition coefficient (Wildman–Crippen LogP) is 2.98. The first-order valence-electron chi connectivity index (χ1n) is 10.6. The van der Waals surface area contributed by atoms with Gasteiger partial charge in [0.15, 0.2) is 11.6 Å². The highest BCUT2D eigenvalue weighted by atomic mass is 16.6. The van der Waals surface area contributed by atoms with E-state index in [0.29, 0.717) is 30.2 Å². The van der Waals surface area contributed by atoms with Gasteiger partial charge in [-0.2, -0.15) is 0 Å². The van der Waals surface area contributed by atoms with Gasteiger partial charge < -0.3 is 20.3 Å². The number of methoxy groups -OCH3 is 1. The molecule has 34 heavy (non-hydrogen) atoms. The standard InChI is InChI=1S/C23H26N8O3/c1-28(2)12-13-29(3)20-17(31(32)33)14-16(24)21(34-4)19(20)22-25-10-7-18(27-22)30-11-8-15-6-5-9-26-23(15)30/h5-11,14H,12-13,24H2,1-4H3. The van der Waals surface area contributed by atoms with E-state index in [1.54, 1.807) is 30.4 Å². The molecule has 0 aliphatic carbocycles. The third-order valence-electron chi connectivity index (χ3n) is 5.49. The van der Waals surface area contributed by atoms with Gasteiger partial charge in [0.2, 0.25) is 0 Å². The molecule has 3 heterocycles. The van der Waals surface area contributed by atoms with Gasteiger partial charge in [0.1, 0.15) is 17.2 Å². The maximum atomic E-state index is 12.0. The Morgan fingerprint density at radius 1 is 1.15 bits per heavy atom. The van der Waals surface area contributed by atoms with E-state index in [9.17, 15) is 10.1 Å². The maximum absolute atomic E-state index is 12.0. The highest BCUT2D eigenvalue weighted by Gasteiger charge is 2.30. The number of pyridine rings is 1. The van der Waals surface area contributed by atoms with Crippen LogP contribution < -0.4 is 15.4 Å². The van der Waals surface area contributed by atoms with Gasteiger partial charge in [0.05, 0.1) is 23.3 Å². The van der Waals surface area contributed by atoms with Gasteiger partial charge in [-0.15, -0.1) is 0 Å². The molecular weight excluding hydrogens is 436 g/mol. The van der Waals surface area contributed by atoms with E-state index in [-0.39, 0.29) is 22.9 Å². The molecule has 11 heteroatoms. The Bertz CT molecular complexity index is 1350. The molecule has 3 aromatic heterocycles. The molecule has 4 aromatic rings. The van der Waals surface area contributed by atoms with Gasteiger partial charge in [-0.3, -0.25) is 14.7 Å². The number of ether oxygens (including phenoxy) is 1. The second-order valence-corrected chi connectivity index (χ2v) is 8.06. The molecule has 176 valence electrons. The molecule has 0 unspecified atom stereocenters. The Morgan fingerprint density at radius 2 is 1.94 bits per heavy atom. The molecule has 1 aromatic carbocycles. The Kier molecular flexibility index (Phi) is 6.28. The van der Waals surface area contributed by atoms with Crippen LogP contribution in [0.1, 0.15) is 0 Å². The van der Waals surface area contributed by atoms with E-state index in [4.69, 9.17) is 15.5 Å². The summed E-state index contributed by atoms with van der Waals surface area (Å²) in [5.74, 6) is 1.10. The third kappa shape index (κ3) is 4.20. The minimum absolute atomic E-state index is 0.135. The fourth-order valence-corrected chi connectivity index (χ4v) is 3.83. The summed E-state index contributed by atoms with van der Waals surface area (Å²) in [6.07, 6.45) is 5.18. The lowest BCUT2D eigenvalue weighted by Crippen LogP contribution is -2.29. The summed E-state index contributed by atoms with van der Waals surface area (Å²) in [7, 11) is 7.14. The smallest absolute Gasteiger partial charge is 0.295 e. The molecule has 0 saturated carbocycles. The lowest BCUT2D eigenvalue weighted by molar-refractivity contribution is -0.384. The van der Waals surface area contributed by atoms with Crippen molar-refractivity contribution in [2.45, 2.75) is 0 Å². The molecule has 2 N–H and O–H groups in total. The molecule has 4 rings (SSSR count). The van der Waals surface area contributed by atoms with Gasteiger partial charge in [0, 0.05) is 50.2 Å². The first kappa shape index (κ1) is 22.9. The summed E-state index contributed by atoms with van der Waals surface area (Å²) >= 11 is 0. The quantitative estimate of drug-likeness (QED) is 0.239. The van der Waals surface area contributed by atoms with Gasteiger partial charge in [-0.1, -0.05) is 0 Å². The van der Waals surface area contributed by atoms with Crippen LogP contribution >= 0.6 is 0 Å². The SMILES string of the molecule is COc1c(N)cc([N+](=O)[O-])c(N(C)CCN(C)C)c1-c1nccc(-n2ccc3cccnc32)n1. The number of aromatic nitrogens is 4. The zero-order valence-corrected chi connectivity index (χ0v) is 19.5. The molecule has 0 aliphatic heterocycles. The van der Waals surface area contributed by atoms with Crippen molar-refractivity contribution < 1.29 is 9.66 Å². The van der Waals surface area contributed by atoms with Crippen LogP contribution in [-0.2, 0) is 0 Å². The van der Waals surface area contributed by atoms with Crippen molar-refractivity contribution in [2.24, 2.45) is 0 Å². The molecule has 0 spiro atoms. The van der Waals surface area contributed by atoms with Crippen LogP contribution in [0.5, 0.6) is 5.75 Å². The number of rotatable bonds is 8. The Labute approximate surface area is 196 Å². The number of anilines is 2. The van der Waals surface area contributed by atoms with Crippen molar-refractivity contribution >= 4 is 28.1 Å². The summed E-state index contributed by atoms with van der Waals surface area (Å²) in [5, 5.41) is 13.0. The molecule has 0 radical (unpaired) electrons. The number of nitro groups is 1. The van der Waals surface area contributed by atoms with Crippen LogP contribution in [-0.4, -0.2) is 70.7 Å². The van der Waals surface area contributed by atoms with Crippen LogP contribution in [0.25, 0.3) is 28.2 Å². The van der Waals surface area contributed by atoms with Crippen LogP contribution in [0, 0.1) is 10.1 Å². The maximum Gasteiger partial charge on any atom is 0.295 e. The highest BCUT2D eigenvalue weighted by molar-refractivity contribution is 5.92. The number of nitrogen functional groups attached to an aromatic ring is 1. The monoisotopic (exact) mass is 462 g/mol. The number of fused-ring (bicyclic) bond motifs is 1. The minimum Gasteiger partial charge on any atom is -0.494 e. The largest absolute Gasteiger partial charge is 0.494 e. The topological polar surface area (TPSA) is 128 Å². The average molecular weight is 463 g/mol. The van der Waals surface area contributed by atoms with Crippen LogP contribution in [0.2, 0.25) is 0 Å². The number of nitrogens with two attached hydrogens (primary N) is 1. The second-order valence-electron chi connectivity index (χ2n) is 8.06. The third-order valence-corrected chi connectivity index (χ3v) is 5.49. The number of nitro benzene ring substituents is 1. The molecule has 0 bridgehead atoms. The number of likely N-dealkylation sites (N-methyl/N-ethyl adjacent to an activating group) is 2. The van der Waals surface area contributed by atoms with Gasteiger partial charge in [-0.25, -0.2) is 15.0 Å². The molecule has 0 aliphatic rings. The van der Waals surface area contributed by atoms with E-state index in [0.717, 1.165) is 11.0 Å². The summed E-state index contributed by atoms with van der Waals surface area (Å²) in [6, 6.07) is 8.83. The lowest BCUT2D eigenvalue weighted by Gasteiger charge is -2.25. The molecule has 0 fully saturated rings. The zero-order valence-electron chi connectivity index (χ0n) is 19.5. The minimum atomic E-state index is -0.450. The average Bonchev–Trinajstić information content (AvgIpc) is 3.26. The summed E-state index contributed by atoms with van der Waals surface area (Å²) in [5.41, 5.74) is 7.61. The molecular formula is C23H26N8O3. The highest BCUT2D eigenvalue weighted by Crippen LogP contribution is 2.46. The van der Waals surface area contributed by atoms with E-state index in [2.05, 4.69) is 9.97 Å². The van der Waals surface area contributed by atoms with Gasteiger partial charge in [-0.05, 0) is 38.4 Å². The van der Waals surface area contributed by atoms with Crippen molar-refractivity contribution in [1.82, 2.24) is 24.4 Å². The fraction of sp³-hybridized carbons (Fsp3) is 0.261. The van der Waals surface area contributed by atoms with E-state index in [1.165, 1.54) is 13.2 Å². The first-order chi connectivity index (χ1) is 16.3. The fourth-order valence-electron chi connectivity index (χ4n) is 3.83. The Morgan fingerprint density at radius 3 is 2.65 bits per heavy atom. The molecule has 0 atom stereocenters.